The molecule has 1 unspecified atom stereocenters. The summed E-state index contributed by atoms with van der Waals surface area (Å²) in [7, 11) is 0. The molecule has 19 heavy (non-hydrogen) atoms. The molecule has 2 N–H and O–H groups in total. The van der Waals surface area contributed by atoms with Gasteiger partial charge in [-0.3, -0.25) is 9.59 Å². The fourth-order valence-electron chi connectivity index (χ4n) is 1.60. The number of rotatable bonds is 4. The standard InChI is InChI=1S/C11H13N5O3/c1-6(5-8(17)18)13-10(19)9-14-11-12-4-3-7(2)16(11)15-9/h3-4,6H,5H2,1-2H3,(H,13,19)(H,17,18). The van der Waals surface area contributed by atoms with Gasteiger partial charge in [0.25, 0.3) is 11.7 Å². The number of carboxylic acids is 1. The molecule has 100 valence electrons. The summed E-state index contributed by atoms with van der Waals surface area (Å²) in [5.74, 6) is -1.19. The minimum absolute atomic E-state index is 0.0287. The van der Waals surface area contributed by atoms with Gasteiger partial charge >= 0.3 is 5.97 Å². The van der Waals surface area contributed by atoms with E-state index in [0.717, 1.165) is 5.69 Å². The summed E-state index contributed by atoms with van der Waals surface area (Å²) in [6.45, 7) is 3.42. The molecular weight excluding hydrogens is 250 g/mol. The quantitative estimate of drug-likeness (QED) is 0.805. The molecule has 2 rings (SSSR count). The average molecular weight is 263 g/mol. The van der Waals surface area contributed by atoms with Gasteiger partial charge in [0.1, 0.15) is 0 Å². The van der Waals surface area contributed by atoms with E-state index in [0.29, 0.717) is 5.78 Å². The van der Waals surface area contributed by atoms with Gasteiger partial charge in [0.2, 0.25) is 5.82 Å². The Bertz CT molecular complexity index is 636. The Hall–Kier alpha value is -2.51. The van der Waals surface area contributed by atoms with Crippen LogP contribution in [0.2, 0.25) is 0 Å². The summed E-state index contributed by atoms with van der Waals surface area (Å²) in [4.78, 5) is 30.3. The van der Waals surface area contributed by atoms with Gasteiger partial charge in [-0.15, -0.1) is 5.10 Å². The van der Waals surface area contributed by atoms with E-state index in [-0.39, 0.29) is 12.2 Å². The van der Waals surface area contributed by atoms with Crippen molar-refractivity contribution in [1.82, 2.24) is 24.9 Å². The van der Waals surface area contributed by atoms with Gasteiger partial charge in [-0.1, -0.05) is 0 Å². The Labute approximate surface area is 108 Å². The number of aromatic nitrogens is 4. The summed E-state index contributed by atoms with van der Waals surface area (Å²) in [6, 6.07) is 1.25. The number of nitrogens with one attached hydrogen (secondary N) is 1. The summed E-state index contributed by atoms with van der Waals surface area (Å²) in [5, 5.41) is 15.2. The highest BCUT2D eigenvalue weighted by molar-refractivity contribution is 5.91. The number of hydrogen-bond donors (Lipinski definition) is 2. The van der Waals surface area contributed by atoms with Gasteiger partial charge in [0, 0.05) is 17.9 Å². The van der Waals surface area contributed by atoms with Gasteiger partial charge < -0.3 is 10.4 Å². The molecule has 8 nitrogen and oxygen atoms in total. The van der Waals surface area contributed by atoms with Crippen LogP contribution in [0.25, 0.3) is 5.78 Å². The van der Waals surface area contributed by atoms with Gasteiger partial charge in [0.05, 0.1) is 6.42 Å². The second kappa shape index (κ2) is 5.01. The first-order valence-electron chi connectivity index (χ1n) is 5.68. The Kier molecular flexibility index (Phi) is 3.41. The van der Waals surface area contributed by atoms with Crippen molar-refractivity contribution in [1.29, 1.82) is 0 Å². The molecule has 2 aromatic rings. The predicted molar refractivity (Wildman–Crippen MR) is 64.7 cm³/mol. The van der Waals surface area contributed by atoms with E-state index in [4.69, 9.17) is 5.11 Å². The maximum Gasteiger partial charge on any atom is 0.305 e. The van der Waals surface area contributed by atoms with Crippen molar-refractivity contribution >= 4 is 17.7 Å². The number of aryl methyl sites for hydroxylation is 1. The third-order valence-corrected chi connectivity index (χ3v) is 2.49. The van der Waals surface area contributed by atoms with Crippen molar-refractivity contribution in [2.45, 2.75) is 26.3 Å². The van der Waals surface area contributed by atoms with Gasteiger partial charge in [-0.05, 0) is 19.9 Å². The number of hydrogen-bond acceptors (Lipinski definition) is 5. The minimum Gasteiger partial charge on any atom is -0.481 e. The van der Waals surface area contributed by atoms with E-state index in [2.05, 4.69) is 20.4 Å². The first-order chi connectivity index (χ1) is 8.97. The van der Waals surface area contributed by atoms with Crippen molar-refractivity contribution in [2.24, 2.45) is 0 Å². The molecule has 2 aromatic heterocycles. The zero-order valence-electron chi connectivity index (χ0n) is 10.5. The van der Waals surface area contributed by atoms with Crippen molar-refractivity contribution in [2.75, 3.05) is 0 Å². The zero-order valence-corrected chi connectivity index (χ0v) is 10.5. The first-order valence-corrected chi connectivity index (χ1v) is 5.68. The number of aliphatic carboxylic acids is 1. The molecule has 1 amide bonds. The van der Waals surface area contributed by atoms with Gasteiger partial charge in [0.15, 0.2) is 0 Å². The maximum atomic E-state index is 11.8. The minimum atomic E-state index is -0.978. The molecule has 0 bridgehead atoms. The molecular formula is C11H13N5O3. The smallest absolute Gasteiger partial charge is 0.305 e. The number of amides is 1. The van der Waals surface area contributed by atoms with Crippen LogP contribution >= 0.6 is 0 Å². The highest BCUT2D eigenvalue weighted by Gasteiger charge is 2.17. The van der Waals surface area contributed by atoms with Gasteiger partial charge in [-0.25, -0.2) is 9.50 Å². The van der Waals surface area contributed by atoms with Crippen LogP contribution in [0, 0.1) is 6.92 Å². The highest BCUT2D eigenvalue weighted by Crippen LogP contribution is 2.02. The van der Waals surface area contributed by atoms with E-state index in [9.17, 15) is 9.59 Å². The molecule has 0 aliphatic rings. The number of carboxylic acid groups (broad SMARTS) is 1. The lowest BCUT2D eigenvalue weighted by molar-refractivity contribution is -0.137. The fraction of sp³-hybridized carbons (Fsp3) is 0.364. The number of nitrogens with zero attached hydrogens (tertiary/aromatic N) is 4. The third-order valence-electron chi connectivity index (χ3n) is 2.49. The normalized spacial score (nSPS) is 12.3. The Morgan fingerprint density at radius 2 is 2.26 bits per heavy atom. The first kappa shape index (κ1) is 12.9. The molecule has 0 aliphatic heterocycles. The Balaban J connectivity index is 2.18. The number of fused-ring (bicyclic) bond motifs is 1. The monoisotopic (exact) mass is 263 g/mol. The van der Waals surface area contributed by atoms with Crippen LogP contribution in [-0.2, 0) is 4.79 Å². The van der Waals surface area contributed by atoms with Crippen LogP contribution in [0.5, 0.6) is 0 Å². The van der Waals surface area contributed by atoms with Crippen LogP contribution in [-0.4, -0.2) is 42.6 Å². The Morgan fingerprint density at radius 1 is 1.53 bits per heavy atom. The average Bonchev–Trinajstić information content (AvgIpc) is 2.73. The summed E-state index contributed by atoms with van der Waals surface area (Å²) < 4.78 is 1.46. The third kappa shape index (κ3) is 2.84. The molecule has 8 heteroatoms. The number of carbonyl (C=O) groups excluding carboxylic acids is 1. The molecule has 0 saturated carbocycles. The zero-order chi connectivity index (χ0) is 14.0. The largest absolute Gasteiger partial charge is 0.481 e. The van der Waals surface area contributed by atoms with Crippen molar-refractivity contribution < 1.29 is 14.7 Å². The van der Waals surface area contributed by atoms with Crippen LogP contribution in [0.1, 0.15) is 29.7 Å². The lowest BCUT2D eigenvalue weighted by Crippen LogP contribution is -2.34. The van der Waals surface area contributed by atoms with Crippen molar-refractivity contribution in [3.63, 3.8) is 0 Å². The topological polar surface area (TPSA) is 109 Å². The molecule has 2 heterocycles. The SMILES string of the molecule is Cc1ccnc2nc(C(=O)NC(C)CC(=O)O)nn12. The van der Waals surface area contributed by atoms with Crippen LogP contribution in [0.4, 0.5) is 0 Å². The summed E-state index contributed by atoms with van der Waals surface area (Å²) in [6.07, 6.45) is 1.42. The highest BCUT2D eigenvalue weighted by atomic mass is 16.4. The second-order valence-corrected chi connectivity index (χ2v) is 4.21. The van der Waals surface area contributed by atoms with E-state index >= 15 is 0 Å². The molecule has 0 fully saturated rings. The summed E-state index contributed by atoms with van der Waals surface area (Å²) in [5.41, 5.74) is 0.801. The van der Waals surface area contributed by atoms with E-state index < -0.39 is 17.9 Å². The molecule has 1 atom stereocenters. The molecule has 0 radical (unpaired) electrons. The van der Waals surface area contributed by atoms with Crippen LogP contribution < -0.4 is 5.32 Å². The lowest BCUT2D eigenvalue weighted by atomic mass is 10.2. The molecule has 0 saturated heterocycles. The van der Waals surface area contributed by atoms with Crippen molar-refractivity contribution in [3.8, 4) is 0 Å². The number of carbonyl (C=O) groups is 2. The van der Waals surface area contributed by atoms with E-state index in [1.165, 1.54) is 4.52 Å². The Morgan fingerprint density at radius 3 is 2.89 bits per heavy atom. The molecule has 0 spiro atoms. The summed E-state index contributed by atoms with van der Waals surface area (Å²) >= 11 is 0. The van der Waals surface area contributed by atoms with Gasteiger partial charge in [-0.2, -0.15) is 4.98 Å². The van der Waals surface area contributed by atoms with Crippen molar-refractivity contribution in [3.05, 3.63) is 23.8 Å². The predicted octanol–water partition coefficient (Wildman–Crippen LogP) is 0.0257. The molecule has 0 aliphatic carbocycles. The van der Waals surface area contributed by atoms with Crippen LogP contribution in [0.3, 0.4) is 0 Å². The maximum absolute atomic E-state index is 11.8. The molecule has 0 aromatic carbocycles. The van der Waals surface area contributed by atoms with Crippen LogP contribution in [0.15, 0.2) is 12.3 Å². The fourth-order valence-corrected chi connectivity index (χ4v) is 1.60. The van der Waals surface area contributed by atoms with E-state index in [1.54, 1.807) is 19.2 Å². The second-order valence-electron chi connectivity index (χ2n) is 4.21. The lowest BCUT2D eigenvalue weighted by Gasteiger charge is -2.08. The van der Waals surface area contributed by atoms with E-state index in [1.807, 2.05) is 6.92 Å².